The molecule has 0 radical (unpaired) electrons. The second-order valence-corrected chi connectivity index (χ2v) is 11.7. The Hall–Kier alpha value is -3.91. The summed E-state index contributed by atoms with van der Waals surface area (Å²) in [6.45, 7) is 9.70. The molecule has 2 aliphatic rings. The summed E-state index contributed by atoms with van der Waals surface area (Å²) < 4.78 is 5.41. The lowest BCUT2D eigenvalue weighted by Gasteiger charge is -2.35. The van der Waals surface area contributed by atoms with Gasteiger partial charge in [-0.05, 0) is 54.3 Å². The van der Waals surface area contributed by atoms with E-state index in [9.17, 15) is 14.4 Å². The van der Waals surface area contributed by atoms with Crippen molar-refractivity contribution in [2.75, 3.05) is 26.2 Å². The fraction of sp³-hybridized carbons (Fsp3) is 0.406. The number of benzene rings is 3. The number of fused-ring (bicyclic) bond motifs is 2. The zero-order valence-corrected chi connectivity index (χ0v) is 23.6. The van der Waals surface area contributed by atoms with Crippen LogP contribution in [0.1, 0.15) is 43.9 Å². The summed E-state index contributed by atoms with van der Waals surface area (Å²) in [6, 6.07) is 21.8. The highest BCUT2D eigenvalue weighted by atomic mass is 16.6. The normalized spacial score (nSPS) is 16.5. The minimum Gasteiger partial charge on any atom is -0.444 e. The van der Waals surface area contributed by atoms with Gasteiger partial charge in [-0.15, -0.1) is 0 Å². The summed E-state index contributed by atoms with van der Waals surface area (Å²) in [5, 5.41) is 5.14. The van der Waals surface area contributed by atoms with Crippen molar-refractivity contribution in [3.05, 3.63) is 83.4 Å². The van der Waals surface area contributed by atoms with Crippen LogP contribution in [-0.4, -0.2) is 70.4 Å². The van der Waals surface area contributed by atoms with Crippen molar-refractivity contribution in [1.29, 1.82) is 0 Å². The lowest BCUT2D eigenvalue weighted by atomic mass is 10.1. The van der Waals surface area contributed by atoms with Crippen molar-refractivity contribution in [3.8, 4) is 0 Å². The predicted octanol–water partition coefficient (Wildman–Crippen LogP) is 4.31. The number of nitrogens with one attached hydrogen (secondary N) is 1. The predicted molar refractivity (Wildman–Crippen MR) is 154 cm³/mol. The maximum atomic E-state index is 13.6. The van der Waals surface area contributed by atoms with Crippen molar-refractivity contribution in [2.45, 2.75) is 58.5 Å². The molecule has 0 aromatic heterocycles. The minimum atomic E-state index is -0.993. The summed E-state index contributed by atoms with van der Waals surface area (Å²) in [5.74, 6) is -0.415. The van der Waals surface area contributed by atoms with Crippen molar-refractivity contribution in [1.82, 2.24) is 20.0 Å². The average Bonchev–Trinajstić information content (AvgIpc) is 3.36. The Kier molecular flexibility index (Phi) is 8.07. The first kappa shape index (κ1) is 27.6. The fourth-order valence-electron chi connectivity index (χ4n) is 5.41. The quantitative estimate of drug-likeness (QED) is 0.502. The number of rotatable bonds is 6. The Morgan fingerprint density at radius 3 is 2.10 bits per heavy atom. The molecule has 3 aromatic carbocycles. The standard InChI is InChI=1S/C32H38N4O4/c1-32(2,3)40-31(39)33-28(30(38)36-21-26-10-6-7-11-27(26)22-36)19-29(37)35-16-14-34(15-17-35)20-23-12-13-24-8-4-5-9-25(24)18-23/h4-13,18,28H,14-17,19-22H2,1-3H3,(H,33,39)/t28-/m0/s1. The van der Waals surface area contributed by atoms with Gasteiger partial charge in [0.05, 0.1) is 6.42 Å². The first-order chi connectivity index (χ1) is 19.1. The van der Waals surface area contributed by atoms with Gasteiger partial charge in [-0.25, -0.2) is 4.79 Å². The molecule has 0 spiro atoms. The van der Waals surface area contributed by atoms with Crippen molar-refractivity contribution in [3.63, 3.8) is 0 Å². The van der Waals surface area contributed by atoms with Crippen LogP contribution in [0, 0.1) is 0 Å². The third-order valence-corrected chi connectivity index (χ3v) is 7.47. The number of carbonyl (C=O) groups is 3. The fourth-order valence-corrected chi connectivity index (χ4v) is 5.41. The first-order valence-corrected chi connectivity index (χ1v) is 14.0. The molecule has 0 saturated carbocycles. The lowest BCUT2D eigenvalue weighted by molar-refractivity contribution is -0.140. The third-order valence-electron chi connectivity index (χ3n) is 7.47. The number of amides is 3. The average molecular weight is 543 g/mol. The van der Waals surface area contributed by atoms with E-state index in [-0.39, 0.29) is 18.2 Å². The Morgan fingerprint density at radius 2 is 1.45 bits per heavy atom. The van der Waals surface area contributed by atoms with Gasteiger partial charge in [-0.2, -0.15) is 0 Å². The number of ether oxygens (including phenoxy) is 1. The van der Waals surface area contributed by atoms with Gasteiger partial charge >= 0.3 is 6.09 Å². The summed E-state index contributed by atoms with van der Waals surface area (Å²) in [4.78, 5) is 45.4. The second-order valence-electron chi connectivity index (χ2n) is 11.7. The van der Waals surface area contributed by atoms with Gasteiger partial charge in [-0.1, -0.05) is 60.7 Å². The van der Waals surface area contributed by atoms with Crippen LogP contribution < -0.4 is 5.32 Å². The summed E-state index contributed by atoms with van der Waals surface area (Å²) in [7, 11) is 0. The van der Waals surface area contributed by atoms with Gasteiger partial charge in [0.25, 0.3) is 0 Å². The molecule has 1 N–H and O–H groups in total. The maximum absolute atomic E-state index is 13.6. The van der Waals surface area contributed by atoms with Crippen LogP contribution in [0.5, 0.6) is 0 Å². The molecule has 8 heteroatoms. The maximum Gasteiger partial charge on any atom is 0.408 e. The molecule has 3 aromatic rings. The molecule has 0 unspecified atom stereocenters. The monoisotopic (exact) mass is 542 g/mol. The topological polar surface area (TPSA) is 82.2 Å². The molecule has 2 heterocycles. The van der Waals surface area contributed by atoms with Gasteiger partial charge < -0.3 is 19.9 Å². The van der Waals surface area contributed by atoms with E-state index in [1.165, 1.54) is 16.3 Å². The summed E-state index contributed by atoms with van der Waals surface area (Å²) in [6.07, 6.45) is -0.800. The molecule has 0 bridgehead atoms. The lowest BCUT2D eigenvalue weighted by Crippen LogP contribution is -2.53. The van der Waals surface area contributed by atoms with E-state index in [0.29, 0.717) is 26.2 Å². The van der Waals surface area contributed by atoms with E-state index in [4.69, 9.17) is 4.74 Å². The van der Waals surface area contributed by atoms with Crippen molar-refractivity contribution < 1.29 is 19.1 Å². The Labute approximate surface area is 235 Å². The molecule has 2 aliphatic heterocycles. The zero-order valence-electron chi connectivity index (χ0n) is 23.6. The molecule has 210 valence electrons. The summed E-state index contributed by atoms with van der Waals surface area (Å²) in [5.41, 5.74) is 2.70. The van der Waals surface area contributed by atoms with Gasteiger partial charge in [0, 0.05) is 45.8 Å². The first-order valence-electron chi connectivity index (χ1n) is 14.0. The van der Waals surface area contributed by atoms with Crippen molar-refractivity contribution in [2.24, 2.45) is 0 Å². The molecule has 1 fully saturated rings. The molecule has 1 saturated heterocycles. The van der Waals surface area contributed by atoms with Gasteiger partial charge in [0.15, 0.2) is 0 Å². The second kappa shape index (κ2) is 11.7. The number of nitrogens with zero attached hydrogens (tertiary/aromatic N) is 3. The number of alkyl carbamates (subject to hydrolysis) is 1. The molecular formula is C32H38N4O4. The van der Waals surface area contributed by atoms with Gasteiger partial charge in [0.2, 0.25) is 11.8 Å². The van der Waals surface area contributed by atoms with E-state index in [1.807, 2.05) is 30.3 Å². The highest BCUT2D eigenvalue weighted by Gasteiger charge is 2.34. The molecule has 8 nitrogen and oxygen atoms in total. The van der Waals surface area contributed by atoms with Crippen LogP contribution in [0.15, 0.2) is 66.7 Å². The summed E-state index contributed by atoms with van der Waals surface area (Å²) >= 11 is 0. The van der Waals surface area contributed by atoms with E-state index >= 15 is 0 Å². The van der Waals surface area contributed by atoms with Crippen LogP contribution in [0.25, 0.3) is 10.8 Å². The van der Waals surface area contributed by atoms with Crippen LogP contribution in [-0.2, 0) is 34.0 Å². The smallest absolute Gasteiger partial charge is 0.408 e. The SMILES string of the molecule is CC(C)(C)OC(=O)N[C@@H](CC(=O)N1CCN(Cc2ccc3ccccc3c2)CC1)C(=O)N1Cc2ccccc2C1. The van der Waals surface area contributed by atoms with E-state index in [2.05, 4.69) is 46.6 Å². The number of hydrogen-bond donors (Lipinski definition) is 1. The van der Waals surface area contributed by atoms with E-state index in [1.54, 1.807) is 30.6 Å². The zero-order chi connectivity index (χ0) is 28.3. The number of hydrogen-bond acceptors (Lipinski definition) is 5. The third kappa shape index (κ3) is 6.80. The molecule has 1 atom stereocenters. The van der Waals surface area contributed by atoms with Crippen LogP contribution in [0.2, 0.25) is 0 Å². The van der Waals surface area contributed by atoms with Crippen LogP contribution in [0.3, 0.4) is 0 Å². The van der Waals surface area contributed by atoms with Crippen molar-refractivity contribution >= 4 is 28.7 Å². The molecule has 5 rings (SSSR count). The van der Waals surface area contributed by atoms with Gasteiger partial charge in [-0.3, -0.25) is 14.5 Å². The van der Waals surface area contributed by atoms with Crippen LogP contribution >= 0.6 is 0 Å². The van der Waals surface area contributed by atoms with E-state index in [0.717, 1.165) is 30.8 Å². The Morgan fingerprint density at radius 1 is 0.825 bits per heavy atom. The number of carbonyl (C=O) groups excluding carboxylic acids is 3. The molecule has 40 heavy (non-hydrogen) atoms. The Balaban J connectivity index is 1.19. The minimum absolute atomic E-state index is 0.102. The van der Waals surface area contributed by atoms with E-state index < -0.39 is 17.7 Å². The van der Waals surface area contributed by atoms with Crippen LogP contribution in [0.4, 0.5) is 4.79 Å². The highest BCUT2D eigenvalue weighted by Crippen LogP contribution is 2.24. The highest BCUT2D eigenvalue weighted by molar-refractivity contribution is 5.91. The molecular weight excluding hydrogens is 504 g/mol. The molecule has 3 amide bonds. The van der Waals surface area contributed by atoms with Gasteiger partial charge in [0.1, 0.15) is 11.6 Å². The molecule has 0 aliphatic carbocycles. The Bertz CT molecular complexity index is 1370. The largest absolute Gasteiger partial charge is 0.444 e. The number of piperazine rings is 1.